The van der Waals surface area contributed by atoms with Gasteiger partial charge >= 0.3 is 5.97 Å². The number of aromatic nitrogens is 2. The summed E-state index contributed by atoms with van der Waals surface area (Å²) in [6.45, 7) is 8.55. The Morgan fingerprint density at radius 3 is 2.32 bits per heavy atom. The maximum Gasteiger partial charge on any atom is 0.341 e. The molecule has 0 aromatic carbocycles. The molecule has 0 saturated heterocycles. The second-order valence-corrected chi connectivity index (χ2v) is 6.68. The van der Waals surface area contributed by atoms with Crippen LogP contribution in [0, 0.1) is 20.8 Å². The highest BCUT2D eigenvalue weighted by atomic mass is 32.1. The maximum absolute atomic E-state index is 12.7. The summed E-state index contributed by atoms with van der Waals surface area (Å²) in [4.78, 5) is 37.2. The minimum absolute atomic E-state index is 0.165. The van der Waals surface area contributed by atoms with Crippen molar-refractivity contribution >= 4 is 34.0 Å². The Kier molecular flexibility index (Phi) is 5.42. The molecule has 0 fully saturated rings. The molecule has 134 valence electrons. The molecule has 2 heterocycles. The van der Waals surface area contributed by atoms with Crippen LogP contribution in [0.15, 0.2) is 0 Å². The lowest BCUT2D eigenvalue weighted by atomic mass is 10.1. The van der Waals surface area contributed by atoms with Gasteiger partial charge in [0.1, 0.15) is 5.00 Å². The molecular formula is C17H21N3O4S. The molecule has 2 rings (SSSR count). The van der Waals surface area contributed by atoms with Gasteiger partial charge in [0.05, 0.1) is 28.3 Å². The van der Waals surface area contributed by atoms with Crippen LogP contribution >= 0.6 is 11.3 Å². The van der Waals surface area contributed by atoms with Gasteiger partial charge in [-0.15, -0.1) is 11.3 Å². The Balaban J connectivity index is 2.48. The SMILES string of the molecule is CCOC(=O)c1c(NC(=O)c2c(C)nn(C)c2C)sc(C(C)=O)c1C. The number of hydrogen-bond donors (Lipinski definition) is 1. The maximum atomic E-state index is 12.7. The number of esters is 1. The van der Waals surface area contributed by atoms with Crippen molar-refractivity contribution in [3.05, 3.63) is 33.0 Å². The minimum Gasteiger partial charge on any atom is -0.462 e. The van der Waals surface area contributed by atoms with Gasteiger partial charge in [0.2, 0.25) is 0 Å². The van der Waals surface area contributed by atoms with Crippen LogP contribution < -0.4 is 5.32 Å². The number of nitrogens with zero attached hydrogens (tertiary/aromatic N) is 2. The van der Waals surface area contributed by atoms with Gasteiger partial charge in [0.15, 0.2) is 5.78 Å². The lowest BCUT2D eigenvalue weighted by molar-refractivity contribution is 0.0527. The Bertz CT molecular complexity index is 864. The molecule has 8 heteroatoms. The van der Waals surface area contributed by atoms with Gasteiger partial charge in [-0.05, 0) is 40.2 Å². The van der Waals surface area contributed by atoms with E-state index in [1.807, 2.05) is 0 Å². The van der Waals surface area contributed by atoms with E-state index in [4.69, 9.17) is 4.74 Å². The average molecular weight is 363 g/mol. The number of Topliss-reactive ketones (excluding diaryl/α,β-unsaturated/α-hetero) is 1. The molecule has 0 saturated carbocycles. The Hall–Kier alpha value is -2.48. The third kappa shape index (κ3) is 3.48. The number of carbonyl (C=O) groups is 3. The summed E-state index contributed by atoms with van der Waals surface area (Å²) in [5.41, 5.74) is 2.51. The van der Waals surface area contributed by atoms with Gasteiger partial charge in [-0.1, -0.05) is 0 Å². The van der Waals surface area contributed by atoms with Gasteiger partial charge in [0.25, 0.3) is 5.91 Å². The molecule has 0 bridgehead atoms. The molecular weight excluding hydrogens is 342 g/mol. The van der Waals surface area contributed by atoms with Crippen molar-refractivity contribution in [3.63, 3.8) is 0 Å². The third-order valence-electron chi connectivity index (χ3n) is 3.91. The lowest BCUT2D eigenvalue weighted by Gasteiger charge is -2.07. The van der Waals surface area contributed by atoms with Crippen LogP contribution in [0.25, 0.3) is 0 Å². The largest absolute Gasteiger partial charge is 0.462 e. The number of nitrogens with one attached hydrogen (secondary N) is 1. The predicted octanol–water partition coefficient (Wildman–Crippen LogP) is 3.04. The van der Waals surface area contributed by atoms with E-state index in [0.29, 0.717) is 32.4 Å². The van der Waals surface area contributed by atoms with E-state index in [9.17, 15) is 14.4 Å². The van der Waals surface area contributed by atoms with Gasteiger partial charge in [-0.3, -0.25) is 14.3 Å². The minimum atomic E-state index is -0.557. The number of rotatable bonds is 5. The number of ether oxygens (including phenoxy) is 1. The highest BCUT2D eigenvalue weighted by molar-refractivity contribution is 7.18. The zero-order chi connectivity index (χ0) is 18.9. The smallest absolute Gasteiger partial charge is 0.341 e. The van der Waals surface area contributed by atoms with E-state index in [0.717, 1.165) is 11.3 Å². The fraction of sp³-hybridized carbons (Fsp3) is 0.412. The molecule has 7 nitrogen and oxygen atoms in total. The number of thiophene rings is 1. The predicted molar refractivity (Wildman–Crippen MR) is 95.7 cm³/mol. The summed E-state index contributed by atoms with van der Waals surface area (Å²) in [6.07, 6.45) is 0. The van der Waals surface area contributed by atoms with E-state index >= 15 is 0 Å². The van der Waals surface area contributed by atoms with E-state index in [2.05, 4.69) is 10.4 Å². The zero-order valence-electron chi connectivity index (χ0n) is 15.1. The van der Waals surface area contributed by atoms with E-state index < -0.39 is 5.97 Å². The molecule has 0 radical (unpaired) electrons. The summed E-state index contributed by atoms with van der Waals surface area (Å²) < 4.78 is 6.69. The fourth-order valence-electron chi connectivity index (χ4n) is 2.65. The second kappa shape index (κ2) is 7.18. The van der Waals surface area contributed by atoms with Crippen LogP contribution in [0.1, 0.15) is 61.2 Å². The number of carbonyl (C=O) groups excluding carboxylic acids is 3. The number of aryl methyl sites for hydroxylation is 2. The van der Waals surface area contributed by atoms with Crippen molar-refractivity contribution in [1.82, 2.24) is 9.78 Å². The monoisotopic (exact) mass is 363 g/mol. The Morgan fingerprint density at radius 2 is 1.84 bits per heavy atom. The van der Waals surface area contributed by atoms with Gasteiger partial charge in [-0.25, -0.2) is 4.79 Å². The number of ketones is 1. The Morgan fingerprint density at radius 1 is 1.20 bits per heavy atom. The second-order valence-electron chi connectivity index (χ2n) is 5.66. The molecule has 0 aliphatic rings. The fourth-order valence-corrected chi connectivity index (χ4v) is 3.74. The molecule has 1 N–H and O–H groups in total. The average Bonchev–Trinajstić information content (AvgIpc) is 2.96. The molecule has 2 aromatic rings. The first kappa shape index (κ1) is 18.9. The summed E-state index contributed by atoms with van der Waals surface area (Å²) >= 11 is 1.08. The summed E-state index contributed by atoms with van der Waals surface area (Å²) in [7, 11) is 1.76. The first-order valence-corrected chi connectivity index (χ1v) is 8.63. The van der Waals surface area contributed by atoms with E-state index in [-0.39, 0.29) is 23.9 Å². The molecule has 0 unspecified atom stereocenters. The first-order chi connectivity index (χ1) is 11.7. The van der Waals surface area contributed by atoms with Crippen molar-refractivity contribution in [3.8, 4) is 0 Å². The number of hydrogen-bond acceptors (Lipinski definition) is 6. The van der Waals surface area contributed by atoms with Gasteiger partial charge in [0, 0.05) is 12.7 Å². The molecule has 2 aromatic heterocycles. The molecule has 0 atom stereocenters. The van der Waals surface area contributed by atoms with Crippen LogP contribution in [-0.2, 0) is 11.8 Å². The summed E-state index contributed by atoms with van der Waals surface area (Å²) in [5.74, 6) is -1.09. The number of amides is 1. The van der Waals surface area contributed by atoms with Gasteiger partial charge < -0.3 is 10.1 Å². The summed E-state index contributed by atoms with van der Waals surface area (Å²) in [5, 5.41) is 7.29. The summed E-state index contributed by atoms with van der Waals surface area (Å²) in [6, 6.07) is 0. The highest BCUT2D eigenvalue weighted by Gasteiger charge is 2.27. The van der Waals surface area contributed by atoms with Crippen LogP contribution in [0.5, 0.6) is 0 Å². The van der Waals surface area contributed by atoms with Gasteiger partial charge in [-0.2, -0.15) is 5.10 Å². The van der Waals surface area contributed by atoms with Crippen LogP contribution in [-0.4, -0.2) is 34.0 Å². The van der Waals surface area contributed by atoms with Crippen molar-refractivity contribution in [1.29, 1.82) is 0 Å². The van der Waals surface area contributed by atoms with E-state index in [1.165, 1.54) is 6.92 Å². The molecule has 1 amide bonds. The Labute approximate surface area is 150 Å². The van der Waals surface area contributed by atoms with Crippen molar-refractivity contribution in [2.75, 3.05) is 11.9 Å². The topological polar surface area (TPSA) is 90.3 Å². The normalized spacial score (nSPS) is 10.6. The molecule has 25 heavy (non-hydrogen) atoms. The zero-order valence-corrected chi connectivity index (χ0v) is 16.0. The van der Waals surface area contributed by atoms with Crippen LogP contribution in [0.4, 0.5) is 5.00 Å². The van der Waals surface area contributed by atoms with Crippen molar-refractivity contribution < 1.29 is 19.1 Å². The molecule has 0 spiro atoms. The lowest BCUT2D eigenvalue weighted by Crippen LogP contribution is -2.16. The van der Waals surface area contributed by atoms with Crippen molar-refractivity contribution in [2.45, 2.75) is 34.6 Å². The van der Waals surface area contributed by atoms with Crippen molar-refractivity contribution in [2.24, 2.45) is 7.05 Å². The number of anilines is 1. The first-order valence-electron chi connectivity index (χ1n) is 7.81. The van der Waals surface area contributed by atoms with E-state index in [1.54, 1.807) is 39.4 Å². The van der Waals surface area contributed by atoms with Crippen LogP contribution in [0.3, 0.4) is 0 Å². The molecule has 0 aliphatic carbocycles. The molecule has 0 aliphatic heterocycles. The quantitative estimate of drug-likeness (QED) is 0.651. The highest BCUT2D eigenvalue weighted by Crippen LogP contribution is 2.34. The standard InChI is InChI=1S/C17H21N3O4S/c1-7-24-17(23)12-8(2)14(11(5)21)25-16(12)18-15(22)13-9(3)19-20(6)10(13)4/h7H2,1-6H3,(H,18,22). The third-order valence-corrected chi connectivity index (χ3v) is 5.22. The van der Waals surface area contributed by atoms with Crippen LogP contribution in [0.2, 0.25) is 0 Å².